The number of carbonyl (C=O) groups excluding carboxylic acids is 1. The zero-order valence-electron chi connectivity index (χ0n) is 16.1. The molecule has 0 saturated heterocycles. The fraction of sp³-hybridized carbons (Fsp3) is 0.250. The standard InChI is InChI=1S/C20H21Cl2N5O2S/c21-15-7-8-16(17(22)11-15)19-25-26-20(27(19)23)30-13-18(28)24-9-4-10-29-12-14-5-2-1-3-6-14/h1-3,5-8,11H,4,9-10,12-13,23H2,(H,24,28). The van der Waals surface area contributed by atoms with Gasteiger partial charge in [0.1, 0.15) is 0 Å². The van der Waals surface area contributed by atoms with Gasteiger partial charge in [-0.25, -0.2) is 4.68 Å². The Morgan fingerprint density at radius 3 is 2.73 bits per heavy atom. The lowest BCUT2D eigenvalue weighted by atomic mass is 10.2. The minimum Gasteiger partial charge on any atom is -0.377 e. The molecule has 30 heavy (non-hydrogen) atoms. The number of rotatable bonds is 10. The maximum Gasteiger partial charge on any atom is 0.230 e. The molecule has 1 aromatic heterocycles. The van der Waals surface area contributed by atoms with Gasteiger partial charge in [-0.1, -0.05) is 65.3 Å². The van der Waals surface area contributed by atoms with Crippen LogP contribution in [-0.2, 0) is 16.1 Å². The predicted molar refractivity (Wildman–Crippen MR) is 120 cm³/mol. The predicted octanol–water partition coefficient (Wildman–Crippen LogP) is 3.78. The van der Waals surface area contributed by atoms with Crippen molar-refractivity contribution in [3.05, 3.63) is 64.1 Å². The van der Waals surface area contributed by atoms with Crippen molar-refractivity contribution in [3.63, 3.8) is 0 Å². The van der Waals surface area contributed by atoms with E-state index < -0.39 is 0 Å². The van der Waals surface area contributed by atoms with Gasteiger partial charge in [-0.05, 0) is 30.2 Å². The first kappa shape index (κ1) is 22.4. The van der Waals surface area contributed by atoms with Crippen molar-refractivity contribution < 1.29 is 9.53 Å². The summed E-state index contributed by atoms with van der Waals surface area (Å²) in [6.45, 7) is 1.68. The largest absolute Gasteiger partial charge is 0.377 e. The van der Waals surface area contributed by atoms with E-state index in [0.717, 1.165) is 12.0 Å². The second kappa shape index (κ2) is 11.2. The molecule has 0 aliphatic heterocycles. The third kappa shape index (κ3) is 6.37. The van der Waals surface area contributed by atoms with Gasteiger partial charge in [-0.3, -0.25) is 4.79 Å². The molecule has 3 rings (SSSR count). The number of halogens is 2. The van der Waals surface area contributed by atoms with Gasteiger partial charge < -0.3 is 15.9 Å². The van der Waals surface area contributed by atoms with E-state index in [1.807, 2.05) is 30.3 Å². The number of amides is 1. The highest BCUT2D eigenvalue weighted by molar-refractivity contribution is 7.99. The van der Waals surface area contributed by atoms with Gasteiger partial charge in [0.25, 0.3) is 0 Å². The zero-order chi connectivity index (χ0) is 21.3. The number of hydrogen-bond donors (Lipinski definition) is 2. The number of carbonyl (C=O) groups is 1. The van der Waals surface area contributed by atoms with Gasteiger partial charge in [-0.2, -0.15) is 0 Å². The van der Waals surface area contributed by atoms with Crippen LogP contribution < -0.4 is 11.2 Å². The first-order valence-electron chi connectivity index (χ1n) is 9.21. The molecule has 0 aliphatic rings. The van der Waals surface area contributed by atoms with Crippen molar-refractivity contribution in [3.8, 4) is 11.4 Å². The molecule has 0 radical (unpaired) electrons. The Labute approximate surface area is 188 Å². The lowest BCUT2D eigenvalue weighted by molar-refractivity contribution is -0.118. The molecular formula is C20H21Cl2N5O2S. The number of ether oxygens (including phenoxy) is 1. The first-order valence-corrected chi connectivity index (χ1v) is 11.0. The van der Waals surface area contributed by atoms with Crippen molar-refractivity contribution in [1.29, 1.82) is 0 Å². The molecule has 0 atom stereocenters. The molecule has 7 nitrogen and oxygen atoms in total. The number of aromatic nitrogens is 3. The minimum atomic E-state index is -0.114. The quantitative estimate of drug-likeness (QED) is 0.268. The maximum atomic E-state index is 12.0. The van der Waals surface area contributed by atoms with E-state index >= 15 is 0 Å². The summed E-state index contributed by atoms with van der Waals surface area (Å²) < 4.78 is 6.90. The van der Waals surface area contributed by atoms with Gasteiger partial charge >= 0.3 is 0 Å². The molecule has 2 aromatic carbocycles. The Morgan fingerprint density at radius 1 is 1.17 bits per heavy atom. The Kier molecular flexibility index (Phi) is 8.39. The minimum absolute atomic E-state index is 0.114. The van der Waals surface area contributed by atoms with Gasteiger partial charge in [-0.15, -0.1) is 10.2 Å². The molecule has 0 aliphatic carbocycles. The number of hydrogen-bond acceptors (Lipinski definition) is 6. The van der Waals surface area contributed by atoms with Crippen LogP contribution >= 0.6 is 35.0 Å². The summed E-state index contributed by atoms with van der Waals surface area (Å²) in [5.74, 6) is 6.52. The van der Waals surface area contributed by atoms with Crippen LogP contribution in [0.1, 0.15) is 12.0 Å². The number of nitrogens with zero attached hydrogens (tertiary/aromatic N) is 3. The van der Waals surface area contributed by atoms with Crippen LogP contribution in [0.4, 0.5) is 0 Å². The highest BCUT2D eigenvalue weighted by atomic mass is 35.5. The van der Waals surface area contributed by atoms with Crippen molar-refractivity contribution >= 4 is 40.9 Å². The molecule has 10 heteroatoms. The van der Waals surface area contributed by atoms with Crippen LogP contribution in [0.3, 0.4) is 0 Å². The van der Waals surface area contributed by atoms with E-state index in [0.29, 0.717) is 46.3 Å². The van der Waals surface area contributed by atoms with E-state index in [4.69, 9.17) is 33.8 Å². The average molecular weight is 466 g/mol. The Bertz CT molecular complexity index is 985. The molecule has 158 valence electrons. The van der Waals surface area contributed by atoms with Crippen molar-refractivity contribution in [2.24, 2.45) is 0 Å². The summed E-state index contributed by atoms with van der Waals surface area (Å²) in [4.78, 5) is 12.0. The summed E-state index contributed by atoms with van der Waals surface area (Å²) >= 11 is 13.3. The van der Waals surface area contributed by atoms with E-state index in [1.54, 1.807) is 18.2 Å². The molecule has 0 bridgehead atoms. The molecule has 1 heterocycles. The van der Waals surface area contributed by atoms with Crippen LogP contribution in [-0.4, -0.2) is 39.7 Å². The van der Waals surface area contributed by atoms with Gasteiger partial charge in [0.05, 0.1) is 17.4 Å². The molecule has 3 aromatic rings. The van der Waals surface area contributed by atoms with Crippen LogP contribution in [0.25, 0.3) is 11.4 Å². The smallest absolute Gasteiger partial charge is 0.230 e. The molecular weight excluding hydrogens is 445 g/mol. The molecule has 0 saturated carbocycles. The SMILES string of the molecule is Nn1c(SCC(=O)NCCCOCc2ccccc2)nnc1-c1ccc(Cl)cc1Cl. The Hall–Kier alpha value is -2.26. The summed E-state index contributed by atoms with van der Waals surface area (Å²) in [6, 6.07) is 15.0. The molecule has 0 unspecified atom stereocenters. The monoisotopic (exact) mass is 465 g/mol. The van der Waals surface area contributed by atoms with Crippen molar-refractivity contribution in [2.75, 3.05) is 24.7 Å². The van der Waals surface area contributed by atoms with Gasteiger partial charge in [0.15, 0.2) is 5.82 Å². The molecule has 0 spiro atoms. The van der Waals surface area contributed by atoms with E-state index in [9.17, 15) is 4.79 Å². The van der Waals surface area contributed by atoms with Crippen LogP contribution in [0.5, 0.6) is 0 Å². The lowest BCUT2D eigenvalue weighted by Crippen LogP contribution is -2.27. The molecule has 1 amide bonds. The van der Waals surface area contributed by atoms with Gasteiger partial charge in [0, 0.05) is 23.7 Å². The summed E-state index contributed by atoms with van der Waals surface area (Å²) in [5, 5.41) is 12.3. The van der Waals surface area contributed by atoms with E-state index in [1.165, 1.54) is 16.4 Å². The van der Waals surface area contributed by atoms with Crippen LogP contribution in [0.2, 0.25) is 10.0 Å². The Balaban J connectivity index is 1.38. The third-order valence-corrected chi connectivity index (χ3v) is 5.56. The van der Waals surface area contributed by atoms with E-state index in [2.05, 4.69) is 15.5 Å². The van der Waals surface area contributed by atoms with Crippen molar-refractivity contribution in [2.45, 2.75) is 18.2 Å². The number of benzene rings is 2. The third-order valence-electron chi connectivity index (χ3n) is 4.07. The molecule has 3 N–H and O–H groups in total. The maximum absolute atomic E-state index is 12.0. The number of thioether (sulfide) groups is 1. The first-order chi connectivity index (χ1) is 14.5. The van der Waals surface area contributed by atoms with Crippen molar-refractivity contribution in [1.82, 2.24) is 20.2 Å². The van der Waals surface area contributed by atoms with E-state index in [-0.39, 0.29) is 11.7 Å². The van der Waals surface area contributed by atoms with Gasteiger partial charge in [0.2, 0.25) is 11.1 Å². The highest BCUT2D eigenvalue weighted by Crippen LogP contribution is 2.30. The lowest BCUT2D eigenvalue weighted by Gasteiger charge is -2.07. The highest BCUT2D eigenvalue weighted by Gasteiger charge is 2.16. The molecule has 0 fully saturated rings. The second-order valence-electron chi connectivity index (χ2n) is 6.33. The van der Waals surface area contributed by atoms with Crippen LogP contribution in [0, 0.1) is 0 Å². The van der Waals surface area contributed by atoms with Crippen LogP contribution in [0.15, 0.2) is 53.7 Å². The Morgan fingerprint density at radius 2 is 1.97 bits per heavy atom. The fourth-order valence-electron chi connectivity index (χ4n) is 2.58. The fourth-order valence-corrected chi connectivity index (χ4v) is 3.76. The number of nitrogens with one attached hydrogen (secondary N) is 1. The topological polar surface area (TPSA) is 95.1 Å². The zero-order valence-corrected chi connectivity index (χ0v) is 18.4. The number of nitrogens with two attached hydrogens (primary N) is 1. The second-order valence-corrected chi connectivity index (χ2v) is 8.12. The summed E-state index contributed by atoms with van der Waals surface area (Å²) in [7, 11) is 0. The summed E-state index contributed by atoms with van der Waals surface area (Å²) in [6.07, 6.45) is 0.732. The number of nitrogen functional groups attached to an aromatic ring is 1. The normalized spacial score (nSPS) is 10.9. The summed E-state index contributed by atoms with van der Waals surface area (Å²) in [5.41, 5.74) is 1.74. The average Bonchev–Trinajstić information content (AvgIpc) is 3.10.